The number of sulfone groups is 1. The third kappa shape index (κ3) is 4.79. The van der Waals surface area contributed by atoms with Crippen LogP contribution in [0.25, 0.3) is 0 Å². The van der Waals surface area contributed by atoms with Crippen molar-refractivity contribution in [2.75, 3.05) is 16.8 Å². The van der Waals surface area contributed by atoms with E-state index in [1.165, 1.54) is 17.8 Å². The average molecular weight is 397 g/mol. The average Bonchev–Trinajstić information content (AvgIpc) is 2.61. The van der Waals surface area contributed by atoms with Gasteiger partial charge in [0.25, 0.3) is 0 Å². The van der Waals surface area contributed by atoms with Gasteiger partial charge in [0.15, 0.2) is 9.84 Å². The first-order chi connectivity index (χ1) is 12.3. The Morgan fingerprint density at radius 2 is 2.00 bits per heavy atom. The molecule has 1 aliphatic carbocycles. The second-order valence-electron chi connectivity index (χ2n) is 7.09. The molecule has 3 rings (SSSR count). The monoisotopic (exact) mass is 396 g/mol. The Balaban J connectivity index is 1.57. The third-order valence-corrected chi connectivity index (χ3v) is 7.69. The number of fused-ring (bicyclic) bond motifs is 1. The molecule has 0 atom stereocenters. The minimum Gasteiger partial charge on any atom is -0.353 e. The molecule has 0 aromatic heterocycles. The van der Waals surface area contributed by atoms with E-state index < -0.39 is 9.84 Å². The summed E-state index contributed by atoms with van der Waals surface area (Å²) < 4.78 is 25.1. The molecule has 1 saturated carbocycles. The van der Waals surface area contributed by atoms with Crippen molar-refractivity contribution in [2.24, 2.45) is 5.92 Å². The van der Waals surface area contributed by atoms with Gasteiger partial charge in [-0.05, 0) is 49.8 Å². The van der Waals surface area contributed by atoms with Crippen molar-refractivity contribution in [3.05, 3.63) is 18.2 Å². The molecule has 6 nitrogen and oxygen atoms in total. The summed E-state index contributed by atoms with van der Waals surface area (Å²) in [6.45, 7) is 2.22. The summed E-state index contributed by atoms with van der Waals surface area (Å²) in [5.41, 5.74) is 0.634. The van der Waals surface area contributed by atoms with Gasteiger partial charge < -0.3 is 10.6 Å². The highest BCUT2D eigenvalue weighted by Crippen LogP contribution is 2.33. The summed E-state index contributed by atoms with van der Waals surface area (Å²) in [7, 11) is -3.54. The molecule has 1 aliphatic heterocycles. The lowest BCUT2D eigenvalue weighted by atomic mass is 9.87. The van der Waals surface area contributed by atoms with Crippen molar-refractivity contribution in [3.63, 3.8) is 0 Å². The number of thioether (sulfide) groups is 1. The predicted molar refractivity (Wildman–Crippen MR) is 102 cm³/mol. The molecule has 0 saturated heterocycles. The van der Waals surface area contributed by atoms with Crippen molar-refractivity contribution in [1.29, 1.82) is 0 Å². The molecule has 2 aliphatic rings. The molecule has 0 radical (unpaired) electrons. The molecule has 0 bridgehead atoms. The summed E-state index contributed by atoms with van der Waals surface area (Å²) >= 11 is 1.32. The molecule has 1 aromatic carbocycles. The topological polar surface area (TPSA) is 92.3 Å². The van der Waals surface area contributed by atoms with Crippen molar-refractivity contribution in [2.45, 2.75) is 54.9 Å². The molecule has 2 amide bonds. The smallest absolute Gasteiger partial charge is 0.234 e. The van der Waals surface area contributed by atoms with Crippen LogP contribution in [-0.2, 0) is 19.4 Å². The fourth-order valence-corrected chi connectivity index (χ4v) is 5.48. The normalized spacial score (nSPS) is 23.0. The lowest BCUT2D eigenvalue weighted by Crippen LogP contribution is -2.38. The van der Waals surface area contributed by atoms with Gasteiger partial charge in [0.05, 0.1) is 22.1 Å². The zero-order chi connectivity index (χ0) is 18.7. The Hall–Kier alpha value is -1.54. The fourth-order valence-electron chi connectivity index (χ4n) is 3.30. The van der Waals surface area contributed by atoms with Crippen LogP contribution in [0, 0.1) is 5.92 Å². The SMILES string of the molecule is CC1CCC(NC(=O)CCS(=O)(=O)c2ccc3c(c2)SCC(=O)N3)CC1. The first-order valence-corrected chi connectivity index (χ1v) is 11.6. The maximum absolute atomic E-state index is 12.5. The van der Waals surface area contributed by atoms with E-state index in [2.05, 4.69) is 17.6 Å². The number of benzene rings is 1. The van der Waals surface area contributed by atoms with Crippen LogP contribution in [0.15, 0.2) is 28.0 Å². The standard InChI is InChI=1S/C18H24N2O4S2/c1-12-2-4-13(5-3-12)19-17(21)8-9-26(23,24)14-6-7-15-16(10-14)25-11-18(22)20-15/h6-7,10,12-13H,2-5,8-9,11H2,1H3,(H,19,21)(H,20,22). The van der Waals surface area contributed by atoms with Crippen molar-refractivity contribution < 1.29 is 18.0 Å². The second-order valence-corrected chi connectivity index (χ2v) is 10.2. The summed E-state index contributed by atoms with van der Waals surface area (Å²) in [5.74, 6) is 0.478. The summed E-state index contributed by atoms with van der Waals surface area (Å²) in [4.78, 5) is 24.4. The van der Waals surface area contributed by atoms with Gasteiger partial charge in [-0.25, -0.2) is 8.42 Å². The Kier molecular flexibility index (Phi) is 5.92. The summed E-state index contributed by atoms with van der Waals surface area (Å²) in [6.07, 6.45) is 4.11. The molecule has 1 heterocycles. The Bertz CT molecular complexity index is 799. The molecular formula is C18H24N2O4S2. The fraction of sp³-hybridized carbons (Fsp3) is 0.556. The molecule has 1 aromatic rings. The zero-order valence-electron chi connectivity index (χ0n) is 14.8. The van der Waals surface area contributed by atoms with E-state index in [1.54, 1.807) is 12.1 Å². The molecule has 1 fully saturated rings. The molecule has 2 N–H and O–H groups in total. The van der Waals surface area contributed by atoms with Crippen LogP contribution in [0.1, 0.15) is 39.0 Å². The van der Waals surface area contributed by atoms with E-state index in [-0.39, 0.29) is 40.7 Å². The maximum Gasteiger partial charge on any atom is 0.234 e. The number of anilines is 1. The molecule has 142 valence electrons. The highest BCUT2D eigenvalue weighted by molar-refractivity contribution is 8.00. The molecule has 26 heavy (non-hydrogen) atoms. The minimum atomic E-state index is -3.54. The van der Waals surface area contributed by atoms with E-state index in [9.17, 15) is 18.0 Å². The lowest BCUT2D eigenvalue weighted by Gasteiger charge is -2.26. The van der Waals surface area contributed by atoms with Crippen LogP contribution in [-0.4, -0.2) is 37.8 Å². The number of hydrogen-bond donors (Lipinski definition) is 2. The number of hydrogen-bond acceptors (Lipinski definition) is 5. The van der Waals surface area contributed by atoms with Crippen LogP contribution in [0.4, 0.5) is 5.69 Å². The van der Waals surface area contributed by atoms with E-state index >= 15 is 0 Å². The quantitative estimate of drug-likeness (QED) is 0.798. The van der Waals surface area contributed by atoms with Gasteiger partial charge in [-0.1, -0.05) is 6.92 Å². The number of amides is 2. The van der Waals surface area contributed by atoms with Gasteiger partial charge in [0, 0.05) is 17.4 Å². The van der Waals surface area contributed by atoms with E-state index in [1.807, 2.05) is 0 Å². The van der Waals surface area contributed by atoms with Gasteiger partial charge >= 0.3 is 0 Å². The maximum atomic E-state index is 12.5. The largest absolute Gasteiger partial charge is 0.353 e. The number of carbonyl (C=O) groups excluding carboxylic acids is 2. The first kappa shape index (κ1) is 19.2. The number of carbonyl (C=O) groups is 2. The van der Waals surface area contributed by atoms with Crippen LogP contribution in [0.5, 0.6) is 0 Å². The number of nitrogens with one attached hydrogen (secondary N) is 2. The van der Waals surface area contributed by atoms with Gasteiger partial charge in [-0.2, -0.15) is 0 Å². The number of rotatable bonds is 5. The molecular weight excluding hydrogens is 372 g/mol. The Morgan fingerprint density at radius 1 is 1.27 bits per heavy atom. The van der Waals surface area contributed by atoms with Gasteiger partial charge in [0.1, 0.15) is 0 Å². The Labute approximate surface area is 158 Å². The second kappa shape index (κ2) is 8.00. The first-order valence-electron chi connectivity index (χ1n) is 8.92. The van der Waals surface area contributed by atoms with Crippen LogP contribution >= 0.6 is 11.8 Å². The van der Waals surface area contributed by atoms with Gasteiger partial charge in [0.2, 0.25) is 11.8 Å². The summed E-state index contributed by atoms with van der Waals surface area (Å²) in [6, 6.07) is 4.84. The lowest BCUT2D eigenvalue weighted by molar-refractivity contribution is -0.121. The van der Waals surface area contributed by atoms with Crippen LogP contribution < -0.4 is 10.6 Å². The molecule has 0 spiro atoms. The summed E-state index contributed by atoms with van der Waals surface area (Å²) in [5, 5.41) is 5.68. The van der Waals surface area contributed by atoms with E-state index in [4.69, 9.17) is 0 Å². The van der Waals surface area contributed by atoms with Crippen molar-refractivity contribution in [1.82, 2.24) is 5.32 Å². The van der Waals surface area contributed by atoms with Crippen LogP contribution in [0.3, 0.4) is 0 Å². The highest BCUT2D eigenvalue weighted by Gasteiger charge is 2.23. The van der Waals surface area contributed by atoms with E-state index in [0.29, 0.717) is 11.6 Å². The van der Waals surface area contributed by atoms with E-state index in [0.717, 1.165) is 30.6 Å². The van der Waals surface area contributed by atoms with Gasteiger partial charge in [-0.15, -0.1) is 11.8 Å². The van der Waals surface area contributed by atoms with Gasteiger partial charge in [-0.3, -0.25) is 9.59 Å². The highest BCUT2D eigenvalue weighted by atomic mass is 32.2. The van der Waals surface area contributed by atoms with Crippen molar-refractivity contribution in [3.8, 4) is 0 Å². The predicted octanol–water partition coefficient (Wildman–Crippen LogP) is 2.59. The Morgan fingerprint density at radius 3 is 2.73 bits per heavy atom. The van der Waals surface area contributed by atoms with Crippen LogP contribution in [0.2, 0.25) is 0 Å². The minimum absolute atomic E-state index is 0.0324. The molecule has 8 heteroatoms. The third-order valence-electron chi connectivity index (χ3n) is 4.92. The molecule has 0 unspecified atom stereocenters. The van der Waals surface area contributed by atoms with Crippen molar-refractivity contribution >= 4 is 39.1 Å². The zero-order valence-corrected chi connectivity index (χ0v) is 16.4.